The zero-order valence-corrected chi connectivity index (χ0v) is 10.7. The van der Waals surface area contributed by atoms with Crippen molar-refractivity contribution in [3.8, 4) is 0 Å². The highest BCUT2D eigenvalue weighted by Crippen LogP contribution is 2.23. The minimum atomic E-state index is 0.632. The van der Waals surface area contributed by atoms with Crippen molar-refractivity contribution < 1.29 is 0 Å². The van der Waals surface area contributed by atoms with Gasteiger partial charge in [-0.05, 0) is 26.7 Å². The largest absolute Gasteiger partial charge is 0.297 e. The maximum absolute atomic E-state index is 4.51. The first-order chi connectivity index (χ1) is 7.16. The summed E-state index contributed by atoms with van der Waals surface area (Å²) in [6.07, 6.45) is 3.95. The average molecular weight is 227 g/mol. The van der Waals surface area contributed by atoms with Crippen LogP contribution < -0.4 is 5.43 Å². The Balaban J connectivity index is 1.92. The van der Waals surface area contributed by atoms with Gasteiger partial charge in [0.2, 0.25) is 0 Å². The van der Waals surface area contributed by atoms with Crippen LogP contribution in [0.15, 0.2) is 4.99 Å². The monoisotopic (exact) mass is 227 g/mol. The maximum atomic E-state index is 4.51. The summed E-state index contributed by atoms with van der Waals surface area (Å²) < 4.78 is 0. The van der Waals surface area contributed by atoms with Gasteiger partial charge in [-0.3, -0.25) is 10.4 Å². The summed E-state index contributed by atoms with van der Waals surface area (Å²) in [5.74, 6) is 0. The highest BCUT2D eigenvalue weighted by molar-refractivity contribution is 8.14. The molecule has 2 rings (SSSR count). The minimum Gasteiger partial charge on any atom is -0.297 e. The molecule has 0 spiro atoms. The molecule has 0 amide bonds. The van der Waals surface area contributed by atoms with E-state index in [0.717, 1.165) is 11.7 Å². The lowest BCUT2D eigenvalue weighted by molar-refractivity contribution is 0.0753. The molecule has 3 unspecified atom stereocenters. The van der Waals surface area contributed by atoms with Gasteiger partial charge in [0.05, 0.1) is 6.54 Å². The molecule has 1 N–H and O–H groups in total. The smallest absolute Gasteiger partial charge is 0.171 e. The van der Waals surface area contributed by atoms with Crippen LogP contribution in [0.4, 0.5) is 0 Å². The van der Waals surface area contributed by atoms with E-state index in [-0.39, 0.29) is 0 Å². The van der Waals surface area contributed by atoms with Crippen LogP contribution in [0.25, 0.3) is 0 Å². The van der Waals surface area contributed by atoms with Gasteiger partial charge >= 0.3 is 0 Å². The fourth-order valence-electron chi connectivity index (χ4n) is 2.29. The summed E-state index contributed by atoms with van der Waals surface area (Å²) in [5, 5.41) is 4.14. The molecular weight excluding hydrogens is 206 g/mol. The molecule has 0 aromatic heterocycles. The molecule has 2 heterocycles. The molecule has 0 aromatic carbocycles. The van der Waals surface area contributed by atoms with E-state index in [1.165, 1.54) is 19.3 Å². The second-order valence-electron chi connectivity index (χ2n) is 4.72. The number of nitrogens with one attached hydrogen (secondary N) is 1. The van der Waals surface area contributed by atoms with Crippen molar-refractivity contribution in [3.05, 3.63) is 0 Å². The third-order valence-corrected chi connectivity index (χ3v) is 4.22. The van der Waals surface area contributed by atoms with Crippen molar-refractivity contribution >= 4 is 16.9 Å². The number of hydrazine groups is 1. The molecule has 1 saturated heterocycles. The molecule has 1 fully saturated rings. The van der Waals surface area contributed by atoms with Crippen molar-refractivity contribution in [3.63, 3.8) is 0 Å². The summed E-state index contributed by atoms with van der Waals surface area (Å²) in [4.78, 5) is 4.51. The zero-order valence-electron chi connectivity index (χ0n) is 9.86. The van der Waals surface area contributed by atoms with E-state index >= 15 is 0 Å². The first-order valence-corrected chi connectivity index (χ1v) is 6.81. The summed E-state index contributed by atoms with van der Waals surface area (Å²) in [5.41, 5.74) is 3.49. The van der Waals surface area contributed by atoms with E-state index in [1.807, 2.05) is 11.8 Å². The molecule has 2 aliphatic heterocycles. The fraction of sp³-hybridized carbons (Fsp3) is 0.909. The van der Waals surface area contributed by atoms with Gasteiger partial charge in [0, 0.05) is 17.3 Å². The van der Waals surface area contributed by atoms with Crippen LogP contribution in [0.2, 0.25) is 0 Å². The summed E-state index contributed by atoms with van der Waals surface area (Å²) in [6.45, 7) is 7.79. The van der Waals surface area contributed by atoms with E-state index in [9.17, 15) is 0 Å². The van der Waals surface area contributed by atoms with Crippen LogP contribution in [-0.2, 0) is 0 Å². The molecule has 0 bridgehead atoms. The van der Waals surface area contributed by atoms with Crippen molar-refractivity contribution in [1.82, 2.24) is 10.4 Å². The molecule has 0 aromatic rings. The number of hydrogen-bond donors (Lipinski definition) is 1. The zero-order chi connectivity index (χ0) is 10.8. The number of nitrogens with zero attached hydrogens (tertiary/aromatic N) is 2. The third-order valence-electron chi connectivity index (χ3n) is 3.22. The number of hydrogen-bond acceptors (Lipinski definition) is 4. The van der Waals surface area contributed by atoms with Crippen LogP contribution in [-0.4, -0.2) is 34.1 Å². The van der Waals surface area contributed by atoms with Gasteiger partial charge in [0.25, 0.3) is 0 Å². The van der Waals surface area contributed by atoms with Crippen LogP contribution in [0.1, 0.15) is 40.0 Å². The predicted octanol–water partition coefficient (Wildman–Crippen LogP) is 2.25. The molecule has 4 heteroatoms. The van der Waals surface area contributed by atoms with Gasteiger partial charge in [0.15, 0.2) is 5.17 Å². The Bertz CT molecular complexity index is 244. The van der Waals surface area contributed by atoms with E-state index in [4.69, 9.17) is 0 Å². The second kappa shape index (κ2) is 4.74. The molecule has 0 radical (unpaired) electrons. The quantitative estimate of drug-likeness (QED) is 0.744. The standard InChI is InChI=1S/C11H21N3S/c1-8-5-4-6-9(2)14(8)13-11-12-7-10(3)15-11/h8-10H,4-7H2,1-3H3,(H,12,13). The molecule has 86 valence electrons. The lowest BCUT2D eigenvalue weighted by Crippen LogP contribution is -2.53. The molecule has 0 aliphatic carbocycles. The SMILES string of the molecule is CC1CN=C(NN2C(C)CCCC2C)S1. The Kier molecular flexibility index (Phi) is 3.57. The first-order valence-electron chi connectivity index (χ1n) is 5.93. The van der Waals surface area contributed by atoms with Gasteiger partial charge < -0.3 is 0 Å². The molecule has 2 aliphatic rings. The Hall–Kier alpha value is -0.220. The minimum absolute atomic E-state index is 0.632. The van der Waals surface area contributed by atoms with Crippen LogP contribution in [0, 0.1) is 0 Å². The van der Waals surface area contributed by atoms with Gasteiger partial charge in [-0.15, -0.1) is 0 Å². The van der Waals surface area contributed by atoms with E-state index in [1.54, 1.807) is 0 Å². The molecule has 15 heavy (non-hydrogen) atoms. The van der Waals surface area contributed by atoms with E-state index in [0.29, 0.717) is 17.3 Å². The van der Waals surface area contributed by atoms with Crippen LogP contribution in [0.5, 0.6) is 0 Å². The van der Waals surface area contributed by atoms with Gasteiger partial charge in [-0.2, -0.15) is 0 Å². The highest BCUT2D eigenvalue weighted by Gasteiger charge is 2.27. The normalized spacial score (nSPS) is 37.8. The third kappa shape index (κ3) is 2.67. The molecular formula is C11H21N3S. The summed E-state index contributed by atoms with van der Waals surface area (Å²) in [7, 11) is 0. The van der Waals surface area contributed by atoms with E-state index < -0.39 is 0 Å². The van der Waals surface area contributed by atoms with Gasteiger partial charge in [-0.1, -0.05) is 25.1 Å². The topological polar surface area (TPSA) is 27.6 Å². The first kappa shape index (κ1) is 11.3. The molecule has 3 atom stereocenters. The lowest BCUT2D eigenvalue weighted by atomic mass is 10.00. The van der Waals surface area contributed by atoms with Gasteiger partial charge in [0.1, 0.15) is 0 Å². The van der Waals surface area contributed by atoms with Crippen molar-refractivity contribution in [2.75, 3.05) is 6.54 Å². The molecule has 0 saturated carbocycles. The number of piperidine rings is 1. The predicted molar refractivity (Wildman–Crippen MR) is 67.1 cm³/mol. The average Bonchev–Trinajstić information content (AvgIpc) is 2.58. The van der Waals surface area contributed by atoms with Crippen LogP contribution >= 0.6 is 11.8 Å². The van der Waals surface area contributed by atoms with Crippen LogP contribution in [0.3, 0.4) is 0 Å². The Morgan fingerprint density at radius 2 is 1.93 bits per heavy atom. The molecule has 3 nitrogen and oxygen atoms in total. The Morgan fingerprint density at radius 3 is 2.47 bits per heavy atom. The summed E-state index contributed by atoms with van der Waals surface area (Å²) in [6, 6.07) is 1.26. The van der Waals surface area contributed by atoms with Crippen molar-refractivity contribution in [2.24, 2.45) is 4.99 Å². The number of thioether (sulfide) groups is 1. The lowest BCUT2D eigenvalue weighted by Gasteiger charge is -2.39. The van der Waals surface area contributed by atoms with Crippen molar-refractivity contribution in [1.29, 1.82) is 0 Å². The number of amidine groups is 1. The Morgan fingerprint density at radius 1 is 1.27 bits per heavy atom. The number of aliphatic imine (C=N–C) groups is 1. The summed E-state index contributed by atoms with van der Waals surface area (Å²) >= 11 is 1.86. The van der Waals surface area contributed by atoms with Crippen molar-refractivity contribution in [2.45, 2.75) is 57.4 Å². The highest BCUT2D eigenvalue weighted by atomic mass is 32.2. The fourth-order valence-corrected chi connectivity index (χ4v) is 3.13. The maximum Gasteiger partial charge on any atom is 0.171 e. The van der Waals surface area contributed by atoms with Gasteiger partial charge in [-0.25, -0.2) is 5.01 Å². The van der Waals surface area contributed by atoms with E-state index in [2.05, 4.69) is 36.2 Å². The second-order valence-corrected chi connectivity index (χ2v) is 6.15. The Labute approximate surface area is 96.7 Å². The number of rotatable bonds is 1.